The molecule has 122 valence electrons. The molecule has 0 aliphatic rings. The van der Waals surface area contributed by atoms with E-state index in [2.05, 4.69) is 4.98 Å². The number of aromatic nitrogens is 2. The molecule has 3 rings (SSSR count). The lowest BCUT2D eigenvalue weighted by atomic mass is 10.0. The minimum absolute atomic E-state index is 0.0236. The van der Waals surface area contributed by atoms with Crippen molar-refractivity contribution in [2.75, 3.05) is 0 Å². The van der Waals surface area contributed by atoms with Crippen LogP contribution in [-0.2, 0) is 0 Å². The van der Waals surface area contributed by atoms with E-state index >= 15 is 0 Å². The third kappa shape index (κ3) is 2.56. The second-order valence-electron chi connectivity index (χ2n) is 5.99. The van der Waals surface area contributed by atoms with Gasteiger partial charge in [-0.3, -0.25) is 14.7 Å². The summed E-state index contributed by atoms with van der Waals surface area (Å²) in [6, 6.07) is 12.4. The molecule has 0 aliphatic carbocycles. The maximum atomic E-state index is 12.5. The van der Waals surface area contributed by atoms with Gasteiger partial charge in [0.2, 0.25) is 0 Å². The van der Waals surface area contributed by atoms with Crippen molar-refractivity contribution in [3.05, 3.63) is 68.6 Å². The third-order valence-electron chi connectivity index (χ3n) is 4.00. The van der Waals surface area contributed by atoms with E-state index in [1.165, 1.54) is 6.07 Å². The summed E-state index contributed by atoms with van der Waals surface area (Å²) in [5, 5.41) is 11.9. The topological polar surface area (TPSA) is 78.0 Å². The van der Waals surface area contributed by atoms with Gasteiger partial charge in [0.15, 0.2) is 0 Å². The molecule has 1 aromatic heterocycles. The van der Waals surface area contributed by atoms with Gasteiger partial charge in [-0.25, -0.2) is 4.79 Å². The van der Waals surface area contributed by atoms with E-state index in [0.29, 0.717) is 22.2 Å². The monoisotopic (exact) mass is 323 g/mol. The van der Waals surface area contributed by atoms with Gasteiger partial charge in [-0.15, -0.1) is 0 Å². The second-order valence-corrected chi connectivity index (χ2v) is 5.99. The summed E-state index contributed by atoms with van der Waals surface area (Å²) in [5.74, 6) is 0. The van der Waals surface area contributed by atoms with Crippen molar-refractivity contribution in [3.63, 3.8) is 0 Å². The highest BCUT2D eigenvalue weighted by Crippen LogP contribution is 2.31. The van der Waals surface area contributed by atoms with Crippen LogP contribution < -0.4 is 5.69 Å². The summed E-state index contributed by atoms with van der Waals surface area (Å²) >= 11 is 0. The Morgan fingerprint density at radius 2 is 1.83 bits per heavy atom. The van der Waals surface area contributed by atoms with Crippen molar-refractivity contribution < 1.29 is 4.92 Å². The van der Waals surface area contributed by atoms with Crippen LogP contribution in [0.3, 0.4) is 0 Å². The van der Waals surface area contributed by atoms with Crippen LogP contribution in [0.1, 0.15) is 25.5 Å². The number of nitrogens with zero attached hydrogens (tertiary/aromatic N) is 3. The predicted octanol–water partition coefficient (Wildman–Crippen LogP) is 3.86. The van der Waals surface area contributed by atoms with Gasteiger partial charge in [-0.05, 0) is 26.8 Å². The van der Waals surface area contributed by atoms with Gasteiger partial charge in [-0.2, -0.15) is 4.98 Å². The molecule has 0 bridgehead atoms. The fraction of sp³-hybridized carbons (Fsp3) is 0.222. The molecule has 0 atom stereocenters. The first-order valence-electron chi connectivity index (χ1n) is 7.67. The lowest BCUT2D eigenvalue weighted by molar-refractivity contribution is -0.385. The minimum Gasteiger partial charge on any atom is -0.289 e. The molecule has 0 unspecified atom stereocenters. The zero-order valence-electron chi connectivity index (χ0n) is 13.7. The fourth-order valence-electron chi connectivity index (χ4n) is 2.89. The van der Waals surface area contributed by atoms with Crippen molar-refractivity contribution >= 4 is 16.6 Å². The first kappa shape index (κ1) is 15.9. The maximum absolute atomic E-state index is 12.5. The molecule has 0 saturated carbocycles. The van der Waals surface area contributed by atoms with Crippen LogP contribution in [0.5, 0.6) is 0 Å². The first-order chi connectivity index (χ1) is 11.4. The zero-order chi connectivity index (χ0) is 17.4. The largest absolute Gasteiger partial charge is 0.348 e. The number of aryl methyl sites for hydroxylation is 1. The smallest absolute Gasteiger partial charge is 0.289 e. The molecule has 0 aliphatic heterocycles. The molecular formula is C18H17N3O3. The van der Waals surface area contributed by atoms with Crippen molar-refractivity contribution in [1.82, 2.24) is 9.55 Å². The Balaban J connectivity index is 2.49. The van der Waals surface area contributed by atoms with Crippen molar-refractivity contribution in [3.8, 4) is 11.3 Å². The van der Waals surface area contributed by atoms with Crippen LogP contribution in [0.2, 0.25) is 0 Å². The van der Waals surface area contributed by atoms with Crippen molar-refractivity contribution in [1.29, 1.82) is 0 Å². The van der Waals surface area contributed by atoms with Crippen molar-refractivity contribution in [2.45, 2.75) is 26.8 Å². The Morgan fingerprint density at radius 3 is 2.42 bits per heavy atom. The highest BCUT2D eigenvalue weighted by atomic mass is 16.6. The van der Waals surface area contributed by atoms with E-state index in [9.17, 15) is 14.9 Å². The highest BCUT2D eigenvalue weighted by Gasteiger charge is 2.19. The van der Waals surface area contributed by atoms with Gasteiger partial charge >= 0.3 is 5.69 Å². The maximum Gasteiger partial charge on any atom is 0.348 e. The number of hydrogen-bond donors (Lipinski definition) is 0. The molecule has 6 heteroatoms. The summed E-state index contributed by atoms with van der Waals surface area (Å²) in [5.41, 5.74) is 2.07. The molecule has 0 fully saturated rings. The normalized spacial score (nSPS) is 11.2. The number of hydrogen-bond acceptors (Lipinski definition) is 4. The lowest BCUT2D eigenvalue weighted by Crippen LogP contribution is -2.25. The van der Waals surface area contributed by atoms with Gasteiger partial charge in [0.25, 0.3) is 5.69 Å². The number of fused-ring (bicyclic) bond motifs is 1. The van der Waals surface area contributed by atoms with Crippen molar-refractivity contribution in [2.24, 2.45) is 0 Å². The Labute approximate surface area is 138 Å². The lowest BCUT2D eigenvalue weighted by Gasteiger charge is -2.16. The average molecular weight is 323 g/mol. The van der Waals surface area contributed by atoms with Crippen LogP contribution in [0.15, 0.2) is 47.3 Å². The summed E-state index contributed by atoms with van der Waals surface area (Å²) in [4.78, 5) is 27.6. The van der Waals surface area contributed by atoms with Crippen LogP contribution >= 0.6 is 0 Å². The van der Waals surface area contributed by atoms with Gasteiger partial charge < -0.3 is 0 Å². The quantitative estimate of drug-likeness (QED) is 0.541. The molecule has 0 radical (unpaired) electrons. The average Bonchev–Trinajstić information content (AvgIpc) is 2.53. The van der Waals surface area contributed by atoms with E-state index in [-0.39, 0.29) is 17.4 Å². The third-order valence-corrected chi connectivity index (χ3v) is 4.00. The van der Waals surface area contributed by atoms with E-state index in [1.807, 2.05) is 44.2 Å². The van der Waals surface area contributed by atoms with E-state index in [0.717, 1.165) is 5.56 Å². The molecule has 0 saturated heterocycles. The Bertz CT molecular complexity index is 992. The number of nitro benzene ring substituents is 1. The summed E-state index contributed by atoms with van der Waals surface area (Å²) in [6.07, 6.45) is 0. The Hall–Kier alpha value is -3.02. The molecule has 1 heterocycles. The van der Waals surface area contributed by atoms with E-state index < -0.39 is 4.92 Å². The molecular weight excluding hydrogens is 306 g/mol. The van der Waals surface area contributed by atoms with Crippen LogP contribution in [0, 0.1) is 17.0 Å². The standard InChI is InChI=1S/C18H17N3O3/c1-11(2)20-16-9-12(3)15(21(23)24)10-14(16)17(19-18(20)22)13-7-5-4-6-8-13/h4-11H,1-3H3. The minimum atomic E-state index is -0.408. The summed E-state index contributed by atoms with van der Waals surface area (Å²) in [7, 11) is 0. The molecule has 2 aromatic carbocycles. The first-order valence-corrected chi connectivity index (χ1v) is 7.67. The highest BCUT2D eigenvalue weighted by molar-refractivity contribution is 5.94. The van der Waals surface area contributed by atoms with Gasteiger partial charge in [0.05, 0.1) is 16.1 Å². The molecule has 0 N–H and O–H groups in total. The molecule has 0 spiro atoms. The van der Waals surface area contributed by atoms with E-state index in [4.69, 9.17) is 0 Å². The van der Waals surface area contributed by atoms with Gasteiger partial charge in [-0.1, -0.05) is 30.3 Å². The number of rotatable bonds is 3. The molecule has 24 heavy (non-hydrogen) atoms. The van der Waals surface area contributed by atoms with Crippen LogP contribution in [0.4, 0.5) is 5.69 Å². The van der Waals surface area contributed by atoms with Crippen LogP contribution in [-0.4, -0.2) is 14.5 Å². The zero-order valence-corrected chi connectivity index (χ0v) is 13.7. The number of nitro groups is 1. The second kappa shape index (κ2) is 5.88. The number of benzene rings is 2. The summed E-state index contributed by atoms with van der Waals surface area (Å²) < 4.78 is 1.57. The van der Waals surface area contributed by atoms with Crippen LogP contribution in [0.25, 0.3) is 22.2 Å². The van der Waals surface area contributed by atoms with Gasteiger partial charge in [0.1, 0.15) is 0 Å². The predicted molar refractivity (Wildman–Crippen MR) is 93.2 cm³/mol. The Morgan fingerprint density at radius 1 is 1.17 bits per heavy atom. The van der Waals surface area contributed by atoms with E-state index in [1.54, 1.807) is 17.6 Å². The molecule has 0 amide bonds. The molecule has 6 nitrogen and oxygen atoms in total. The van der Waals surface area contributed by atoms with Gasteiger partial charge in [0, 0.05) is 28.6 Å². The SMILES string of the molecule is Cc1cc2c(cc1[N+](=O)[O-])c(-c1ccccc1)nc(=O)n2C(C)C. The fourth-order valence-corrected chi connectivity index (χ4v) is 2.89. The Kier molecular flexibility index (Phi) is 3.89. The molecule has 3 aromatic rings. The summed E-state index contributed by atoms with van der Waals surface area (Å²) in [6.45, 7) is 5.46.